The van der Waals surface area contributed by atoms with Gasteiger partial charge in [0.1, 0.15) is 0 Å². The van der Waals surface area contributed by atoms with Crippen molar-refractivity contribution in [2.45, 2.75) is 19.8 Å². The minimum atomic E-state index is -0.125. The van der Waals surface area contributed by atoms with E-state index in [-0.39, 0.29) is 5.91 Å². The Morgan fingerprint density at radius 2 is 1.83 bits per heavy atom. The molecule has 1 N–H and O–H groups in total. The number of carbonyl (C=O) groups excluding carboxylic acids is 1. The first-order valence-electron chi connectivity index (χ1n) is 7.86. The van der Waals surface area contributed by atoms with E-state index in [4.69, 9.17) is 0 Å². The quantitative estimate of drug-likeness (QED) is 0.605. The number of nitrogens with one attached hydrogen (secondary N) is 1. The molecule has 126 valence electrons. The zero-order valence-corrected chi connectivity index (χ0v) is 15.8. The Hall–Kier alpha value is -2.14. The van der Waals surface area contributed by atoms with Gasteiger partial charge in [0.25, 0.3) is 0 Å². The molecule has 4 nitrogen and oxygen atoms in total. The fourth-order valence-corrected chi connectivity index (χ4v) is 3.01. The number of anilines is 1. The average molecular weight is 388 g/mol. The molecule has 2 aromatic rings. The van der Waals surface area contributed by atoms with E-state index in [9.17, 15) is 4.79 Å². The van der Waals surface area contributed by atoms with Crippen LogP contribution in [0.4, 0.5) is 5.69 Å². The Labute approximate surface area is 151 Å². The van der Waals surface area contributed by atoms with Crippen molar-refractivity contribution < 1.29 is 4.79 Å². The highest BCUT2D eigenvalue weighted by Gasteiger charge is 2.03. The number of carbonyl (C=O) groups is 1. The molecule has 0 aliphatic heterocycles. The first-order chi connectivity index (χ1) is 11.5. The van der Waals surface area contributed by atoms with Crippen LogP contribution >= 0.6 is 15.9 Å². The molecule has 2 aromatic carbocycles. The molecule has 0 spiro atoms. The Morgan fingerprint density at radius 1 is 1.17 bits per heavy atom. The standard InChI is InChI=1S/C19H22BrN3O/c1-4-14-5-7-15(8-6-14)12-19(24)22-21-13-16-9-10-18(23(2)3)17(20)11-16/h5-11,13H,4,12H2,1-3H3,(H,22,24)/b21-13+. The Bertz CT molecular complexity index is 724. The van der Waals surface area contributed by atoms with Crippen LogP contribution in [0.2, 0.25) is 0 Å². The van der Waals surface area contributed by atoms with E-state index in [1.54, 1.807) is 6.21 Å². The second kappa shape index (κ2) is 8.64. The topological polar surface area (TPSA) is 44.7 Å². The lowest BCUT2D eigenvalue weighted by Gasteiger charge is -2.14. The Morgan fingerprint density at radius 3 is 2.42 bits per heavy atom. The maximum absolute atomic E-state index is 11.9. The second-order valence-corrected chi connectivity index (χ2v) is 6.60. The van der Waals surface area contributed by atoms with E-state index in [1.807, 2.05) is 49.3 Å². The number of nitrogens with zero attached hydrogens (tertiary/aromatic N) is 2. The summed E-state index contributed by atoms with van der Waals surface area (Å²) < 4.78 is 0.985. The van der Waals surface area contributed by atoms with Gasteiger partial charge in [-0.2, -0.15) is 5.10 Å². The number of benzene rings is 2. The molecule has 24 heavy (non-hydrogen) atoms. The van der Waals surface area contributed by atoms with Crippen LogP contribution in [0.3, 0.4) is 0 Å². The van der Waals surface area contributed by atoms with Crippen LogP contribution in [0.25, 0.3) is 0 Å². The maximum atomic E-state index is 11.9. The van der Waals surface area contributed by atoms with Crippen LogP contribution in [0.1, 0.15) is 23.6 Å². The van der Waals surface area contributed by atoms with Crippen molar-refractivity contribution in [3.05, 3.63) is 63.6 Å². The number of rotatable bonds is 6. The molecule has 0 radical (unpaired) electrons. The predicted octanol–water partition coefficient (Wildman–Crippen LogP) is 3.77. The molecule has 0 saturated heterocycles. The summed E-state index contributed by atoms with van der Waals surface area (Å²) in [6, 6.07) is 14.0. The van der Waals surface area contributed by atoms with Crippen molar-refractivity contribution in [1.82, 2.24) is 5.43 Å². The number of hydrogen-bond donors (Lipinski definition) is 1. The lowest BCUT2D eigenvalue weighted by atomic mass is 10.1. The van der Waals surface area contributed by atoms with Gasteiger partial charge in [0.15, 0.2) is 0 Å². The predicted molar refractivity (Wildman–Crippen MR) is 104 cm³/mol. The fraction of sp³-hybridized carbons (Fsp3) is 0.263. The van der Waals surface area contributed by atoms with Gasteiger partial charge >= 0.3 is 0 Å². The number of halogens is 1. The molecule has 1 amide bonds. The molecule has 0 bridgehead atoms. The van der Waals surface area contributed by atoms with E-state index >= 15 is 0 Å². The molecule has 0 saturated carbocycles. The molecule has 0 fully saturated rings. The van der Waals surface area contributed by atoms with Crippen molar-refractivity contribution in [3.8, 4) is 0 Å². The Balaban J connectivity index is 1.90. The molecule has 0 atom stereocenters. The molecular formula is C19H22BrN3O. The van der Waals surface area contributed by atoms with Crippen LogP contribution in [-0.2, 0) is 17.6 Å². The van der Waals surface area contributed by atoms with Crippen molar-refractivity contribution in [2.24, 2.45) is 5.10 Å². The highest BCUT2D eigenvalue weighted by Crippen LogP contribution is 2.25. The summed E-state index contributed by atoms with van der Waals surface area (Å²) in [4.78, 5) is 14.0. The van der Waals surface area contributed by atoms with E-state index in [2.05, 4.69) is 45.5 Å². The lowest BCUT2D eigenvalue weighted by Crippen LogP contribution is -2.19. The zero-order valence-electron chi connectivity index (χ0n) is 14.2. The molecular weight excluding hydrogens is 366 g/mol. The summed E-state index contributed by atoms with van der Waals surface area (Å²) in [6.07, 6.45) is 2.96. The van der Waals surface area contributed by atoms with Crippen molar-refractivity contribution in [2.75, 3.05) is 19.0 Å². The van der Waals surface area contributed by atoms with Gasteiger partial charge in [0, 0.05) is 18.6 Å². The maximum Gasteiger partial charge on any atom is 0.244 e. The van der Waals surface area contributed by atoms with Crippen molar-refractivity contribution in [1.29, 1.82) is 0 Å². The summed E-state index contributed by atoms with van der Waals surface area (Å²) in [5, 5.41) is 4.03. The first-order valence-corrected chi connectivity index (χ1v) is 8.65. The third-order valence-corrected chi connectivity index (χ3v) is 4.29. The van der Waals surface area contributed by atoms with E-state index in [0.29, 0.717) is 6.42 Å². The summed E-state index contributed by atoms with van der Waals surface area (Å²) >= 11 is 3.53. The monoisotopic (exact) mass is 387 g/mol. The average Bonchev–Trinajstić information content (AvgIpc) is 2.55. The fourth-order valence-electron chi connectivity index (χ4n) is 2.26. The third kappa shape index (κ3) is 5.20. The smallest absolute Gasteiger partial charge is 0.244 e. The summed E-state index contributed by atoms with van der Waals surface area (Å²) in [5.41, 5.74) is 6.83. The normalized spacial score (nSPS) is 10.8. The second-order valence-electron chi connectivity index (χ2n) is 5.75. The number of aryl methyl sites for hydroxylation is 1. The van der Waals surface area contributed by atoms with Gasteiger partial charge in [0.2, 0.25) is 5.91 Å². The van der Waals surface area contributed by atoms with E-state index in [1.165, 1.54) is 5.56 Å². The van der Waals surface area contributed by atoms with Gasteiger partial charge in [0.05, 0.1) is 18.3 Å². The first kappa shape index (κ1) is 18.2. The van der Waals surface area contributed by atoms with Crippen LogP contribution in [0, 0.1) is 0 Å². The van der Waals surface area contributed by atoms with Gasteiger partial charge < -0.3 is 4.90 Å². The summed E-state index contributed by atoms with van der Waals surface area (Å²) in [5.74, 6) is -0.125. The number of hydrazone groups is 1. The van der Waals surface area contributed by atoms with Gasteiger partial charge in [-0.1, -0.05) is 37.3 Å². The van der Waals surface area contributed by atoms with E-state index in [0.717, 1.165) is 27.7 Å². The molecule has 0 unspecified atom stereocenters. The largest absolute Gasteiger partial charge is 0.377 e. The molecule has 0 aliphatic rings. The summed E-state index contributed by atoms with van der Waals surface area (Å²) in [7, 11) is 3.97. The van der Waals surface area contributed by atoms with Crippen LogP contribution in [0.5, 0.6) is 0 Å². The SMILES string of the molecule is CCc1ccc(CC(=O)N/N=C/c2ccc(N(C)C)c(Br)c2)cc1. The van der Waals surface area contributed by atoms with Crippen molar-refractivity contribution in [3.63, 3.8) is 0 Å². The lowest BCUT2D eigenvalue weighted by molar-refractivity contribution is -0.120. The van der Waals surface area contributed by atoms with Gasteiger partial charge in [-0.25, -0.2) is 5.43 Å². The van der Waals surface area contributed by atoms with Crippen LogP contribution in [0.15, 0.2) is 52.0 Å². The number of hydrogen-bond acceptors (Lipinski definition) is 3. The molecule has 0 heterocycles. The minimum absolute atomic E-state index is 0.125. The van der Waals surface area contributed by atoms with Gasteiger partial charge in [-0.3, -0.25) is 4.79 Å². The zero-order chi connectivity index (χ0) is 17.5. The number of amides is 1. The molecule has 0 aromatic heterocycles. The highest BCUT2D eigenvalue weighted by molar-refractivity contribution is 9.10. The Kier molecular flexibility index (Phi) is 6.55. The van der Waals surface area contributed by atoms with Crippen molar-refractivity contribution >= 4 is 33.7 Å². The molecule has 0 aliphatic carbocycles. The molecule has 2 rings (SSSR count). The third-order valence-electron chi connectivity index (χ3n) is 3.65. The van der Waals surface area contributed by atoms with Crippen LogP contribution < -0.4 is 10.3 Å². The van der Waals surface area contributed by atoms with Gasteiger partial charge in [-0.05, 0) is 51.2 Å². The van der Waals surface area contributed by atoms with E-state index < -0.39 is 0 Å². The summed E-state index contributed by atoms with van der Waals surface area (Å²) in [6.45, 7) is 2.11. The van der Waals surface area contributed by atoms with Crippen LogP contribution in [-0.4, -0.2) is 26.2 Å². The highest BCUT2D eigenvalue weighted by atomic mass is 79.9. The van der Waals surface area contributed by atoms with Gasteiger partial charge in [-0.15, -0.1) is 0 Å². The molecule has 5 heteroatoms. The minimum Gasteiger partial charge on any atom is -0.377 e.